The van der Waals surface area contributed by atoms with Gasteiger partial charge in [0.15, 0.2) is 0 Å². The molecule has 2 nitrogen and oxygen atoms in total. The molecule has 0 bridgehead atoms. The van der Waals surface area contributed by atoms with Crippen LogP contribution in [0.25, 0.3) is 0 Å². The molecule has 0 N–H and O–H groups in total. The lowest BCUT2D eigenvalue weighted by atomic mass is 10.1. The molecule has 1 saturated heterocycles. The zero-order chi connectivity index (χ0) is 17.3. The van der Waals surface area contributed by atoms with E-state index in [1.807, 2.05) is 84.9 Å². The molecule has 0 aromatic heterocycles. The van der Waals surface area contributed by atoms with Crippen molar-refractivity contribution in [3.63, 3.8) is 0 Å². The molecule has 0 radical (unpaired) electrons. The third-order valence-electron chi connectivity index (χ3n) is 4.74. The first-order valence-corrected chi connectivity index (χ1v) is 10.1. The van der Waals surface area contributed by atoms with Crippen molar-refractivity contribution < 1.29 is 4.57 Å². The zero-order valence-electron chi connectivity index (χ0n) is 13.9. The third kappa shape index (κ3) is 2.68. The van der Waals surface area contributed by atoms with Crippen molar-refractivity contribution >= 4 is 17.9 Å². The van der Waals surface area contributed by atoms with Crippen LogP contribution in [0.2, 0.25) is 0 Å². The number of nitrogens with zero attached hydrogens (tertiary/aromatic N) is 1. The van der Waals surface area contributed by atoms with Gasteiger partial charge in [0, 0.05) is 10.6 Å². The fourth-order valence-corrected chi connectivity index (χ4v) is 6.65. The number of hydrogen-bond acceptors (Lipinski definition) is 1. The van der Waals surface area contributed by atoms with Gasteiger partial charge in [0.1, 0.15) is 0 Å². The summed E-state index contributed by atoms with van der Waals surface area (Å²) in [7, 11) is -2.92. The van der Waals surface area contributed by atoms with Gasteiger partial charge < -0.3 is 0 Å². The van der Waals surface area contributed by atoms with Gasteiger partial charge in [-0.25, -0.2) is 4.67 Å². The van der Waals surface area contributed by atoms with Crippen molar-refractivity contribution in [3.05, 3.63) is 109 Å². The predicted molar refractivity (Wildman–Crippen MR) is 105 cm³/mol. The first-order chi connectivity index (χ1) is 12.3. The molecule has 124 valence electrons. The van der Waals surface area contributed by atoms with Gasteiger partial charge >= 0.3 is 0 Å². The van der Waals surface area contributed by atoms with Crippen molar-refractivity contribution in [1.82, 2.24) is 4.67 Å². The van der Waals surface area contributed by atoms with Crippen LogP contribution in [-0.2, 0) is 4.57 Å². The SMILES string of the molecule is C=C[C@H]1[C@H](c2ccccc2)N1P(=O)(c1ccccc1)c1ccccc1. The van der Waals surface area contributed by atoms with Gasteiger partial charge in [0.25, 0.3) is 0 Å². The Hall–Kier alpha value is -2.41. The summed E-state index contributed by atoms with van der Waals surface area (Å²) in [5.74, 6) is 0. The minimum atomic E-state index is -2.92. The maximum absolute atomic E-state index is 14.4. The van der Waals surface area contributed by atoms with Gasteiger partial charge in [-0.2, -0.15) is 0 Å². The number of benzene rings is 3. The summed E-state index contributed by atoms with van der Waals surface area (Å²) in [5, 5.41) is 1.73. The zero-order valence-corrected chi connectivity index (χ0v) is 14.8. The summed E-state index contributed by atoms with van der Waals surface area (Å²) in [6, 6.07) is 30.0. The lowest BCUT2D eigenvalue weighted by Crippen LogP contribution is -2.22. The number of rotatable bonds is 5. The van der Waals surface area contributed by atoms with Crippen LogP contribution in [0.4, 0.5) is 0 Å². The van der Waals surface area contributed by atoms with E-state index in [1.165, 1.54) is 5.56 Å². The van der Waals surface area contributed by atoms with Crippen molar-refractivity contribution in [3.8, 4) is 0 Å². The molecule has 0 spiro atoms. The Labute approximate surface area is 148 Å². The quantitative estimate of drug-likeness (QED) is 0.385. The lowest BCUT2D eigenvalue weighted by Gasteiger charge is -2.22. The molecule has 0 aliphatic carbocycles. The van der Waals surface area contributed by atoms with Crippen LogP contribution < -0.4 is 10.6 Å². The van der Waals surface area contributed by atoms with E-state index in [4.69, 9.17) is 0 Å². The van der Waals surface area contributed by atoms with Crippen molar-refractivity contribution in [2.24, 2.45) is 0 Å². The second-order valence-corrected chi connectivity index (χ2v) is 8.86. The molecule has 1 heterocycles. The van der Waals surface area contributed by atoms with Crippen LogP contribution in [-0.4, -0.2) is 10.7 Å². The van der Waals surface area contributed by atoms with E-state index in [1.54, 1.807) is 0 Å². The molecule has 4 rings (SSSR count). The average Bonchev–Trinajstić information content (AvgIpc) is 3.44. The molecule has 1 aliphatic heterocycles. The van der Waals surface area contributed by atoms with E-state index in [0.717, 1.165) is 10.6 Å². The largest absolute Gasteiger partial charge is 0.296 e. The average molecular weight is 345 g/mol. The van der Waals surface area contributed by atoms with Crippen LogP contribution in [0.1, 0.15) is 11.6 Å². The van der Waals surface area contributed by atoms with Crippen LogP contribution in [0.15, 0.2) is 104 Å². The molecule has 3 atom stereocenters. The standard InChI is InChI=1S/C22H20NOP/c1-2-21-22(18-12-6-3-7-13-18)23(21)25(24,19-14-8-4-9-15-19)20-16-10-5-11-17-20/h2-17,21-22H,1H2/t21-,22-,23?/m0/s1. The molecule has 1 fully saturated rings. The third-order valence-corrected chi connectivity index (χ3v) is 7.91. The Morgan fingerprint density at radius 2 is 1.20 bits per heavy atom. The molecule has 1 aliphatic rings. The van der Waals surface area contributed by atoms with E-state index >= 15 is 0 Å². The Morgan fingerprint density at radius 3 is 1.64 bits per heavy atom. The van der Waals surface area contributed by atoms with Crippen LogP contribution in [0.3, 0.4) is 0 Å². The molecule has 3 heteroatoms. The molecule has 0 amide bonds. The number of hydrogen-bond donors (Lipinski definition) is 0. The molecule has 1 unspecified atom stereocenters. The minimum Gasteiger partial charge on any atom is -0.296 e. The highest BCUT2D eigenvalue weighted by molar-refractivity contribution is 7.76. The summed E-state index contributed by atoms with van der Waals surface area (Å²) >= 11 is 0. The highest BCUT2D eigenvalue weighted by Gasteiger charge is 2.57. The van der Waals surface area contributed by atoms with Crippen LogP contribution >= 0.6 is 7.29 Å². The lowest BCUT2D eigenvalue weighted by molar-refractivity contribution is 0.557. The maximum Gasteiger partial charge on any atom is 0.208 e. The second-order valence-electron chi connectivity index (χ2n) is 6.21. The fraction of sp³-hybridized carbons (Fsp3) is 0.0909. The Balaban J connectivity index is 1.85. The first kappa shape index (κ1) is 16.1. The van der Waals surface area contributed by atoms with Crippen LogP contribution in [0.5, 0.6) is 0 Å². The molecule has 0 saturated carbocycles. The molecule has 3 aromatic carbocycles. The van der Waals surface area contributed by atoms with Crippen molar-refractivity contribution in [2.75, 3.05) is 0 Å². The van der Waals surface area contributed by atoms with Crippen molar-refractivity contribution in [2.45, 2.75) is 12.1 Å². The summed E-state index contributed by atoms with van der Waals surface area (Å²) in [5.41, 5.74) is 1.18. The van der Waals surface area contributed by atoms with E-state index in [2.05, 4.69) is 23.4 Å². The van der Waals surface area contributed by atoms with Gasteiger partial charge in [0.05, 0.1) is 12.1 Å². The van der Waals surface area contributed by atoms with Gasteiger partial charge in [0.2, 0.25) is 7.29 Å². The Kier molecular flexibility index (Phi) is 4.17. The molecule has 25 heavy (non-hydrogen) atoms. The highest BCUT2D eigenvalue weighted by atomic mass is 31.2. The summed E-state index contributed by atoms with van der Waals surface area (Å²) in [6.45, 7) is 3.99. The van der Waals surface area contributed by atoms with E-state index in [0.29, 0.717) is 0 Å². The topological polar surface area (TPSA) is 20.1 Å². The molecule has 3 aromatic rings. The molecular formula is C22H20NOP. The smallest absolute Gasteiger partial charge is 0.208 e. The fourth-order valence-electron chi connectivity index (χ4n) is 3.51. The van der Waals surface area contributed by atoms with E-state index < -0.39 is 7.29 Å². The monoisotopic (exact) mass is 345 g/mol. The predicted octanol–water partition coefficient (Wildman–Crippen LogP) is 4.53. The van der Waals surface area contributed by atoms with Crippen LogP contribution in [0, 0.1) is 0 Å². The highest BCUT2D eigenvalue weighted by Crippen LogP contribution is 2.64. The Bertz CT molecular complexity index is 865. The summed E-state index contributed by atoms with van der Waals surface area (Å²) in [6.07, 6.45) is 1.91. The van der Waals surface area contributed by atoms with Crippen molar-refractivity contribution in [1.29, 1.82) is 0 Å². The second kappa shape index (κ2) is 6.48. The van der Waals surface area contributed by atoms with Gasteiger partial charge in [-0.15, -0.1) is 6.58 Å². The van der Waals surface area contributed by atoms with Gasteiger partial charge in [-0.05, 0) is 29.8 Å². The summed E-state index contributed by atoms with van der Waals surface area (Å²) in [4.78, 5) is 0. The van der Waals surface area contributed by atoms with Gasteiger partial charge in [-0.1, -0.05) is 72.8 Å². The molecular weight excluding hydrogens is 325 g/mol. The van der Waals surface area contributed by atoms with E-state index in [-0.39, 0.29) is 12.1 Å². The van der Waals surface area contributed by atoms with Gasteiger partial charge in [-0.3, -0.25) is 4.57 Å². The Morgan fingerprint density at radius 1 is 0.760 bits per heavy atom. The summed E-state index contributed by atoms with van der Waals surface area (Å²) < 4.78 is 16.5. The van der Waals surface area contributed by atoms with E-state index in [9.17, 15) is 4.57 Å². The first-order valence-electron chi connectivity index (χ1n) is 8.44. The maximum atomic E-state index is 14.4. The minimum absolute atomic E-state index is 0.0774. The normalized spacial score (nSPS) is 22.3.